The summed E-state index contributed by atoms with van der Waals surface area (Å²) in [6.07, 6.45) is 1.32. The van der Waals surface area contributed by atoms with E-state index >= 15 is 0 Å². The van der Waals surface area contributed by atoms with Crippen LogP contribution in [-0.4, -0.2) is 37.2 Å². The molecule has 6 heteroatoms. The highest BCUT2D eigenvalue weighted by molar-refractivity contribution is 7.88. The van der Waals surface area contributed by atoms with E-state index in [1.807, 2.05) is 66.7 Å². The molecule has 5 rings (SSSR count). The first kappa shape index (κ1) is 19.3. The summed E-state index contributed by atoms with van der Waals surface area (Å²) in [5.74, 6) is 0.689. The van der Waals surface area contributed by atoms with Gasteiger partial charge in [-0.3, -0.25) is 4.79 Å². The SMILES string of the molecule is O=C1CC2(CCN(S(=O)(=O)Cc3ccccc3)CC2)Oc2ccc3ccccc3c21. The Bertz CT molecular complexity index is 1210. The Morgan fingerprint density at radius 2 is 1.60 bits per heavy atom. The second kappa shape index (κ2) is 7.22. The summed E-state index contributed by atoms with van der Waals surface area (Å²) < 4.78 is 33.6. The van der Waals surface area contributed by atoms with Gasteiger partial charge >= 0.3 is 0 Å². The molecule has 0 radical (unpaired) electrons. The second-order valence-electron chi connectivity index (χ2n) is 8.19. The molecule has 3 aromatic carbocycles. The number of sulfonamides is 1. The molecule has 0 amide bonds. The summed E-state index contributed by atoms with van der Waals surface area (Å²) in [5.41, 5.74) is 0.811. The third-order valence-electron chi connectivity index (χ3n) is 6.20. The van der Waals surface area contributed by atoms with Gasteiger partial charge in [-0.1, -0.05) is 60.7 Å². The van der Waals surface area contributed by atoms with Crippen LogP contribution in [0.3, 0.4) is 0 Å². The van der Waals surface area contributed by atoms with Gasteiger partial charge in [0.05, 0.1) is 17.7 Å². The van der Waals surface area contributed by atoms with Gasteiger partial charge < -0.3 is 4.74 Å². The maximum absolute atomic E-state index is 13.1. The summed E-state index contributed by atoms with van der Waals surface area (Å²) in [5, 5.41) is 1.93. The molecule has 0 unspecified atom stereocenters. The summed E-state index contributed by atoms with van der Waals surface area (Å²) in [6, 6.07) is 20.9. The lowest BCUT2D eigenvalue weighted by molar-refractivity contribution is 0.00620. The van der Waals surface area contributed by atoms with Gasteiger partial charge in [-0.2, -0.15) is 0 Å². The number of hydrogen-bond donors (Lipinski definition) is 0. The van der Waals surface area contributed by atoms with Crippen molar-refractivity contribution in [1.29, 1.82) is 0 Å². The normalized spacial score (nSPS) is 18.9. The summed E-state index contributed by atoms with van der Waals surface area (Å²) in [4.78, 5) is 13.1. The first-order chi connectivity index (χ1) is 14.5. The number of ether oxygens (including phenoxy) is 1. The van der Waals surface area contributed by atoms with Crippen LogP contribution in [0.4, 0.5) is 0 Å². The molecular formula is C24H23NO4S. The van der Waals surface area contributed by atoms with Crippen LogP contribution >= 0.6 is 0 Å². The Morgan fingerprint density at radius 3 is 2.37 bits per heavy atom. The maximum Gasteiger partial charge on any atom is 0.218 e. The van der Waals surface area contributed by atoms with Gasteiger partial charge in [0.15, 0.2) is 5.78 Å². The third kappa shape index (κ3) is 3.40. The van der Waals surface area contributed by atoms with E-state index < -0.39 is 15.6 Å². The predicted octanol–water partition coefficient (Wildman–Crippen LogP) is 4.17. The molecule has 0 bridgehead atoms. The zero-order valence-corrected chi connectivity index (χ0v) is 17.4. The molecule has 1 saturated heterocycles. The molecule has 0 aromatic heterocycles. The Morgan fingerprint density at radius 1 is 0.900 bits per heavy atom. The van der Waals surface area contributed by atoms with Crippen molar-refractivity contribution >= 4 is 26.6 Å². The average molecular weight is 422 g/mol. The number of benzene rings is 3. The highest BCUT2D eigenvalue weighted by atomic mass is 32.2. The molecule has 1 spiro atoms. The van der Waals surface area contributed by atoms with Crippen LogP contribution < -0.4 is 4.74 Å². The van der Waals surface area contributed by atoms with E-state index in [-0.39, 0.29) is 11.5 Å². The predicted molar refractivity (Wildman–Crippen MR) is 116 cm³/mol. The smallest absolute Gasteiger partial charge is 0.218 e. The molecule has 0 saturated carbocycles. The number of rotatable bonds is 3. The van der Waals surface area contributed by atoms with E-state index in [1.54, 1.807) is 0 Å². The number of nitrogens with zero attached hydrogens (tertiary/aromatic N) is 1. The zero-order valence-electron chi connectivity index (χ0n) is 16.6. The topological polar surface area (TPSA) is 63.7 Å². The van der Waals surface area contributed by atoms with Crippen molar-refractivity contribution in [3.63, 3.8) is 0 Å². The number of fused-ring (bicyclic) bond motifs is 3. The minimum atomic E-state index is -3.40. The maximum atomic E-state index is 13.1. The molecule has 0 aliphatic carbocycles. The Hall–Kier alpha value is -2.70. The Labute approximate surface area is 176 Å². The number of hydrogen-bond acceptors (Lipinski definition) is 4. The van der Waals surface area contributed by atoms with Crippen molar-refractivity contribution in [2.24, 2.45) is 0 Å². The summed E-state index contributed by atoms with van der Waals surface area (Å²) in [7, 11) is -3.40. The highest BCUT2D eigenvalue weighted by Gasteiger charge is 2.45. The van der Waals surface area contributed by atoms with Gasteiger partial charge in [-0.15, -0.1) is 0 Å². The summed E-state index contributed by atoms with van der Waals surface area (Å²) >= 11 is 0. The molecule has 1 fully saturated rings. The minimum absolute atomic E-state index is 0.00451. The first-order valence-corrected chi connectivity index (χ1v) is 11.8. The van der Waals surface area contributed by atoms with Gasteiger partial charge in [0, 0.05) is 25.9 Å². The van der Waals surface area contributed by atoms with Crippen LogP contribution in [0.2, 0.25) is 0 Å². The molecule has 2 aliphatic heterocycles. The van der Waals surface area contributed by atoms with Gasteiger partial charge in [0.25, 0.3) is 0 Å². The van der Waals surface area contributed by atoms with Gasteiger partial charge in [-0.25, -0.2) is 12.7 Å². The molecular weight excluding hydrogens is 398 g/mol. The standard InChI is InChI=1S/C24H23NO4S/c26-21-16-24(29-22-11-10-19-8-4-5-9-20(19)23(21)22)12-14-25(15-13-24)30(27,28)17-18-6-2-1-3-7-18/h1-11H,12-17H2. The zero-order chi connectivity index (χ0) is 20.8. The molecule has 154 valence electrons. The van der Waals surface area contributed by atoms with Crippen molar-refractivity contribution in [3.8, 4) is 5.75 Å². The van der Waals surface area contributed by atoms with E-state index in [4.69, 9.17) is 4.74 Å². The molecule has 3 aromatic rings. The lowest BCUT2D eigenvalue weighted by Gasteiger charge is -2.43. The number of carbonyl (C=O) groups is 1. The highest BCUT2D eigenvalue weighted by Crippen LogP contribution is 2.42. The fourth-order valence-corrected chi connectivity index (χ4v) is 6.14. The van der Waals surface area contributed by atoms with Gasteiger partial charge in [0.1, 0.15) is 11.4 Å². The van der Waals surface area contributed by atoms with Crippen molar-refractivity contribution in [2.75, 3.05) is 13.1 Å². The lowest BCUT2D eigenvalue weighted by Crippen LogP contribution is -2.52. The van der Waals surface area contributed by atoms with Crippen molar-refractivity contribution in [2.45, 2.75) is 30.6 Å². The Kier molecular flexibility index (Phi) is 4.64. The molecule has 2 aliphatic rings. The summed E-state index contributed by atoms with van der Waals surface area (Å²) in [6.45, 7) is 0.733. The quantitative estimate of drug-likeness (QED) is 0.637. The van der Waals surface area contributed by atoms with Crippen molar-refractivity contribution in [3.05, 3.63) is 77.9 Å². The number of ketones is 1. The molecule has 2 heterocycles. The monoisotopic (exact) mass is 421 g/mol. The van der Waals surface area contributed by atoms with Crippen LogP contribution in [0.5, 0.6) is 5.75 Å². The molecule has 0 atom stereocenters. The fraction of sp³-hybridized carbons (Fsp3) is 0.292. The van der Waals surface area contributed by atoms with Gasteiger partial charge in [-0.05, 0) is 22.4 Å². The minimum Gasteiger partial charge on any atom is -0.486 e. The van der Waals surface area contributed by atoms with Crippen LogP contribution in [0.15, 0.2) is 66.7 Å². The largest absolute Gasteiger partial charge is 0.486 e. The van der Waals surface area contributed by atoms with Crippen LogP contribution in [0, 0.1) is 0 Å². The lowest BCUT2D eigenvalue weighted by atomic mass is 9.82. The van der Waals surface area contributed by atoms with Crippen LogP contribution in [-0.2, 0) is 15.8 Å². The first-order valence-electron chi connectivity index (χ1n) is 10.2. The second-order valence-corrected chi connectivity index (χ2v) is 10.2. The van der Waals surface area contributed by atoms with E-state index in [2.05, 4.69) is 0 Å². The van der Waals surface area contributed by atoms with Crippen LogP contribution in [0.1, 0.15) is 35.2 Å². The number of piperidine rings is 1. The molecule has 5 nitrogen and oxygen atoms in total. The van der Waals surface area contributed by atoms with Crippen molar-refractivity contribution in [1.82, 2.24) is 4.31 Å². The van der Waals surface area contributed by atoms with Crippen molar-refractivity contribution < 1.29 is 17.9 Å². The Balaban J connectivity index is 1.35. The van der Waals surface area contributed by atoms with E-state index in [1.165, 1.54) is 4.31 Å². The van der Waals surface area contributed by atoms with Crippen LogP contribution in [0.25, 0.3) is 10.8 Å². The fourth-order valence-electron chi connectivity index (χ4n) is 4.60. The van der Waals surface area contributed by atoms with E-state index in [0.717, 1.165) is 16.3 Å². The molecule has 30 heavy (non-hydrogen) atoms. The van der Waals surface area contributed by atoms with E-state index in [9.17, 15) is 13.2 Å². The number of Topliss-reactive ketones (excluding diaryl/α,β-unsaturated/α-hetero) is 1. The third-order valence-corrected chi connectivity index (χ3v) is 8.05. The van der Waals surface area contributed by atoms with Gasteiger partial charge in [0.2, 0.25) is 10.0 Å². The number of carbonyl (C=O) groups excluding carboxylic acids is 1. The average Bonchev–Trinajstić information content (AvgIpc) is 2.74. The molecule has 0 N–H and O–H groups in total. The van der Waals surface area contributed by atoms with E-state index in [0.29, 0.717) is 43.7 Å².